The van der Waals surface area contributed by atoms with Gasteiger partial charge in [0.15, 0.2) is 0 Å². The zero-order chi connectivity index (χ0) is 18.1. The predicted octanol–water partition coefficient (Wildman–Crippen LogP) is 3.70. The van der Waals surface area contributed by atoms with Gasteiger partial charge in [0.05, 0.1) is 12.2 Å². The van der Waals surface area contributed by atoms with Gasteiger partial charge in [-0.15, -0.1) is 0 Å². The zero-order valence-corrected chi connectivity index (χ0v) is 14.8. The van der Waals surface area contributed by atoms with Gasteiger partial charge in [-0.3, -0.25) is 0 Å². The van der Waals surface area contributed by atoms with Crippen LogP contribution in [0.25, 0.3) is 0 Å². The summed E-state index contributed by atoms with van der Waals surface area (Å²) in [6, 6.07) is 15.1. The van der Waals surface area contributed by atoms with Gasteiger partial charge in [-0.1, -0.05) is 24.6 Å². The number of nitrogen functional groups attached to an aromatic ring is 2. The summed E-state index contributed by atoms with van der Waals surface area (Å²) in [5.41, 5.74) is 13.9. The molecule has 2 aromatic rings. The van der Waals surface area contributed by atoms with Crippen LogP contribution in [0.3, 0.4) is 0 Å². The number of carbonyl (C=O) groups excluding carboxylic acids is 1. The third-order valence-electron chi connectivity index (χ3n) is 4.03. The van der Waals surface area contributed by atoms with E-state index in [0.717, 1.165) is 32.2 Å². The molecule has 0 heterocycles. The van der Waals surface area contributed by atoms with Crippen molar-refractivity contribution in [2.24, 2.45) is 0 Å². The van der Waals surface area contributed by atoms with Crippen LogP contribution in [0, 0.1) is 0 Å². The number of hydrogen-bond donors (Lipinski definition) is 2. The Morgan fingerprint density at radius 1 is 0.960 bits per heavy atom. The average Bonchev–Trinajstić information content (AvgIpc) is 2.60. The van der Waals surface area contributed by atoms with E-state index < -0.39 is 0 Å². The first kappa shape index (κ1) is 18.6. The van der Waals surface area contributed by atoms with Crippen molar-refractivity contribution in [2.75, 3.05) is 36.6 Å². The van der Waals surface area contributed by atoms with E-state index in [4.69, 9.17) is 16.2 Å². The number of carbonyl (C=O) groups is 1. The number of unbranched alkanes of at least 4 members (excludes halogenated alkanes) is 3. The van der Waals surface area contributed by atoms with E-state index in [0.29, 0.717) is 23.5 Å². The second kappa shape index (κ2) is 9.57. The topological polar surface area (TPSA) is 81.6 Å². The van der Waals surface area contributed by atoms with Crippen molar-refractivity contribution < 1.29 is 9.53 Å². The SMILES string of the molecule is CN(CCCCCCOC(=O)c1cc(N)cc(N)c1)c1ccccc1. The monoisotopic (exact) mass is 341 g/mol. The van der Waals surface area contributed by atoms with Gasteiger partial charge in [0.1, 0.15) is 0 Å². The Bertz CT molecular complexity index is 654. The molecule has 2 rings (SSSR count). The maximum atomic E-state index is 11.9. The minimum absolute atomic E-state index is 0.372. The molecule has 0 aliphatic carbocycles. The molecule has 0 radical (unpaired) electrons. The van der Waals surface area contributed by atoms with E-state index >= 15 is 0 Å². The molecule has 0 aliphatic heterocycles. The van der Waals surface area contributed by atoms with E-state index in [-0.39, 0.29) is 5.97 Å². The van der Waals surface area contributed by atoms with Gasteiger partial charge in [0, 0.05) is 30.7 Å². The lowest BCUT2D eigenvalue weighted by Gasteiger charge is -2.18. The van der Waals surface area contributed by atoms with Crippen LogP contribution in [-0.2, 0) is 4.74 Å². The number of para-hydroxylation sites is 1. The van der Waals surface area contributed by atoms with E-state index in [2.05, 4.69) is 24.1 Å². The van der Waals surface area contributed by atoms with Crippen LogP contribution >= 0.6 is 0 Å². The summed E-state index contributed by atoms with van der Waals surface area (Å²) in [6.45, 7) is 1.44. The molecule has 0 unspecified atom stereocenters. The highest BCUT2D eigenvalue weighted by Gasteiger charge is 2.08. The third-order valence-corrected chi connectivity index (χ3v) is 4.03. The summed E-state index contributed by atoms with van der Waals surface area (Å²) < 4.78 is 5.27. The molecule has 25 heavy (non-hydrogen) atoms. The Morgan fingerprint density at radius 2 is 1.60 bits per heavy atom. The van der Waals surface area contributed by atoms with Crippen LogP contribution < -0.4 is 16.4 Å². The molecule has 5 nitrogen and oxygen atoms in total. The van der Waals surface area contributed by atoms with Gasteiger partial charge in [-0.2, -0.15) is 0 Å². The fourth-order valence-electron chi connectivity index (χ4n) is 2.66. The standard InChI is InChI=1S/C20H27N3O2/c1-23(19-9-5-4-6-10-19)11-7-2-3-8-12-25-20(24)16-13-17(21)15-18(22)14-16/h4-6,9-10,13-15H,2-3,7-8,11-12,21-22H2,1H3. The van der Waals surface area contributed by atoms with Crippen molar-refractivity contribution in [1.82, 2.24) is 0 Å². The van der Waals surface area contributed by atoms with E-state index in [1.807, 2.05) is 18.2 Å². The Hall–Kier alpha value is -2.69. The van der Waals surface area contributed by atoms with Gasteiger partial charge in [-0.05, 0) is 49.6 Å². The number of benzene rings is 2. The van der Waals surface area contributed by atoms with Gasteiger partial charge in [-0.25, -0.2) is 4.79 Å². The lowest BCUT2D eigenvalue weighted by molar-refractivity contribution is 0.0498. The van der Waals surface area contributed by atoms with Crippen LogP contribution in [0.15, 0.2) is 48.5 Å². The summed E-state index contributed by atoms with van der Waals surface area (Å²) in [4.78, 5) is 14.2. The number of esters is 1. The molecule has 0 aromatic heterocycles. The van der Waals surface area contributed by atoms with E-state index in [1.54, 1.807) is 18.2 Å². The van der Waals surface area contributed by atoms with E-state index in [9.17, 15) is 4.79 Å². The third kappa shape index (κ3) is 6.37. The highest BCUT2D eigenvalue weighted by Crippen LogP contribution is 2.15. The molecular weight excluding hydrogens is 314 g/mol. The van der Waals surface area contributed by atoms with Crippen LogP contribution in [0.2, 0.25) is 0 Å². The molecule has 134 valence electrons. The van der Waals surface area contributed by atoms with Crippen molar-refractivity contribution in [3.8, 4) is 0 Å². The second-order valence-electron chi connectivity index (χ2n) is 6.20. The Morgan fingerprint density at radius 3 is 2.28 bits per heavy atom. The smallest absolute Gasteiger partial charge is 0.338 e. The van der Waals surface area contributed by atoms with Gasteiger partial charge in [0.25, 0.3) is 0 Å². The van der Waals surface area contributed by atoms with Crippen LogP contribution in [-0.4, -0.2) is 26.2 Å². The molecule has 0 amide bonds. The van der Waals surface area contributed by atoms with Crippen molar-refractivity contribution in [1.29, 1.82) is 0 Å². The minimum atomic E-state index is -0.372. The molecule has 0 atom stereocenters. The molecule has 2 aromatic carbocycles. The predicted molar refractivity (Wildman–Crippen MR) is 104 cm³/mol. The number of hydrogen-bond acceptors (Lipinski definition) is 5. The van der Waals surface area contributed by atoms with Gasteiger partial charge < -0.3 is 21.1 Å². The first-order valence-corrected chi connectivity index (χ1v) is 8.65. The van der Waals surface area contributed by atoms with Crippen molar-refractivity contribution >= 4 is 23.0 Å². The van der Waals surface area contributed by atoms with Gasteiger partial charge >= 0.3 is 5.97 Å². The molecule has 0 saturated carbocycles. The number of anilines is 3. The quantitative estimate of drug-likeness (QED) is 0.413. The normalized spacial score (nSPS) is 10.4. The fourth-order valence-corrected chi connectivity index (χ4v) is 2.66. The molecular formula is C20H27N3O2. The molecule has 0 spiro atoms. The maximum absolute atomic E-state index is 11.9. The van der Waals surface area contributed by atoms with Crippen LogP contribution in [0.1, 0.15) is 36.0 Å². The summed E-state index contributed by atoms with van der Waals surface area (Å²) in [7, 11) is 2.11. The fraction of sp³-hybridized carbons (Fsp3) is 0.350. The highest BCUT2D eigenvalue weighted by molar-refractivity contribution is 5.91. The Kier molecular flexibility index (Phi) is 7.14. The molecule has 0 aliphatic rings. The van der Waals surface area contributed by atoms with E-state index in [1.165, 1.54) is 5.69 Å². The Balaban J connectivity index is 1.58. The number of rotatable bonds is 9. The Labute approximate surface area is 149 Å². The number of nitrogens with two attached hydrogens (primary N) is 2. The van der Waals surface area contributed by atoms with Crippen molar-refractivity contribution in [3.63, 3.8) is 0 Å². The zero-order valence-electron chi connectivity index (χ0n) is 14.8. The average molecular weight is 341 g/mol. The summed E-state index contributed by atoms with van der Waals surface area (Å²) in [6.07, 6.45) is 4.12. The maximum Gasteiger partial charge on any atom is 0.338 e. The first-order valence-electron chi connectivity index (χ1n) is 8.65. The highest BCUT2D eigenvalue weighted by atomic mass is 16.5. The largest absolute Gasteiger partial charge is 0.462 e. The lowest BCUT2D eigenvalue weighted by atomic mass is 10.1. The molecule has 0 saturated heterocycles. The second-order valence-corrected chi connectivity index (χ2v) is 6.20. The molecule has 0 bridgehead atoms. The van der Waals surface area contributed by atoms with Gasteiger partial charge in [0.2, 0.25) is 0 Å². The summed E-state index contributed by atoms with van der Waals surface area (Å²) in [5, 5.41) is 0. The number of nitrogens with zero attached hydrogens (tertiary/aromatic N) is 1. The molecule has 0 fully saturated rings. The lowest BCUT2D eigenvalue weighted by Crippen LogP contribution is -2.18. The first-order chi connectivity index (χ1) is 12.1. The van der Waals surface area contributed by atoms with Crippen LogP contribution in [0.5, 0.6) is 0 Å². The molecule has 5 heteroatoms. The minimum Gasteiger partial charge on any atom is -0.462 e. The van der Waals surface area contributed by atoms with Crippen molar-refractivity contribution in [3.05, 3.63) is 54.1 Å². The summed E-state index contributed by atoms with van der Waals surface area (Å²) >= 11 is 0. The number of ether oxygens (including phenoxy) is 1. The molecule has 4 N–H and O–H groups in total. The van der Waals surface area contributed by atoms with Crippen LogP contribution in [0.4, 0.5) is 17.1 Å². The summed E-state index contributed by atoms with van der Waals surface area (Å²) in [5.74, 6) is -0.372. The van der Waals surface area contributed by atoms with Crippen molar-refractivity contribution in [2.45, 2.75) is 25.7 Å².